The quantitative estimate of drug-likeness (QED) is 0.0804. The molecule has 0 saturated carbocycles. The lowest BCUT2D eigenvalue weighted by atomic mass is 9.91. The van der Waals surface area contributed by atoms with Crippen LogP contribution in [0.1, 0.15) is 6.23 Å². The first-order valence-electron chi connectivity index (χ1n) is 11.2. The summed E-state index contributed by atoms with van der Waals surface area (Å²) in [5.74, 6) is 0. The Hall–Kier alpha value is -1.26. The number of phosphoric ester groups is 1. The van der Waals surface area contributed by atoms with E-state index in [9.17, 15) is 49.5 Å². The van der Waals surface area contributed by atoms with E-state index in [4.69, 9.17) is 36.6 Å². The molecule has 0 aromatic carbocycles. The van der Waals surface area contributed by atoms with E-state index in [-0.39, 0.29) is 0 Å². The third kappa shape index (κ3) is 7.02. The molecule has 0 amide bonds. The highest BCUT2D eigenvalue weighted by Gasteiger charge is 2.54. The molecule has 2 aliphatic heterocycles. The Balaban J connectivity index is 1.69. The summed E-state index contributed by atoms with van der Waals surface area (Å²) in [6.45, 7) is -3.00. The lowest BCUT2D eigenvalue weighted by Crippen LogP contribution is -2.61. The maximum atomic E-state index is 12.5. The van der Waals surface area contributed by atoms with E-state index in [0.717, 1.165) is 22.9 Å². The Morgan fingerprint density at radius 3 is 2.45 bits per heavy atom. The Bertz CT molecular complexity index is 1280. The van der Waals surface area contributed by atoms with Gasteiger partial charge in [0.1, 0.15) is 48.3 Å². The fourth-order valence-electron chi connectivity index (χ4n) is 3.95. The van der Waals surface area contributed by atoms with Crippen LogP contribution in [0.25, 0.3) is 0 Å². The van der Waals surface area contributed by atoms with Gasteiger partial charge in [-0.3, -0.25) is 18.9 Å². The molecule has 12 atom stereocenters. The Labute approximate surface area is 229 Å². The second-order valence-electron chi connectivity index (χ2n) is 8.80. The summed E-state index contributed by atoms with van der Waals surface area (Å²) in [7, 11) is -5.49. The molecule has 11 N–H and O–H groups in total. The lowest BCUT2D eigenvalue weighted by Gasteiger charge is -2.41. The van der Waals surface area contributed by atoms with Gasteiger partial charge in [-0.15, -0.1) is 6.58 Å². The monoisotopic (exact) mass is 637 g/mol. The fraction of sp³-hybridized carbons (Fsp3) is 0.667. The molecule has 3 heterocycles. The highest BCUT2D eigenvalue weighted by Crippen LogP contribution is 2.61. The van der Waals surface area contributed by atoms with Crippen molar-refractivity contribution in [2.75, 3.05) is 13.2 Å². The number of hydrogen-bond donors (Lipinski definition) is 10. The van der Waals surface area contributed by atoms with Crippen molar-refractivity contribution in [2.45, 2.75) is 60.8 Å². The summed E-state index contributed by atoms with van der Waals surface area (Å²) in [4.78, 5) is 46.0. The third-order valence-corrected chi connectivity index (χ3v) is 9.59. The van der Waals surface area contributed by atoms with Gasteiger partial charge in [0.2, 0.25) is 0 Å². The van der Waals surface area contributed by atoms with Crippen molar-refractivity contribution >= 4 is 26.3 Å². The number of aromatic nitrogens is 2. The number of nitrogens with zero attached hydrogens (tertiary/aromatic N) is 1. The number of H-pyrrole nitrogens is 1. The van der Waals surface area contributed by atoms with Gasteiger partial charge in [0, 0.05) is 12.3 Å². The molecular formula is C18H29N3O16P2S. The van der Waals surface area contributed by atoms with Gasteiger partial charge in [-0.25, -0.2) is 13.7 Å². The summed E-state index contributed by atoms with van der Waals surface area (Å²) < 4.78 is 38.0. The SMILES string of the molecule is C=C[C@@]1(N)[C@H](O)[C@@H](COP(O)(=S)OP(=O)(O)OC2OC([C@@H](O)CO)C(O)C(O)C2O)O[C@H]1n1ccc(=O)[nH]c1=O. The largest absolute Gasteiger partial charge is 0.481 e. The van der Waals surface area contributed by atoms with Gasteiger partial charge in [0.25, 0.3) is 5.56 Å². The van der Waals surface area contributed by atoms with Crippen LogP contribution in [-0.4, -0.2) is 118 Å². The van der Waals surface area contributed by atoms with Gasteiger partial charge in [0.15, 0.2) is 12.5 Å². The molecule has 1 aromatic heterocycles. The van der Waals surface area contributed by atoms with Crippen LogP contribution in [-0.2, 0) is 39.2 Å². The molecule has 0 aliphatic carbocycles. The molecule has 0 radical (unpaired) electrons. The third-order valence-electron chi connectivity index (χ3n) is 6.07. The molecule has 22 heteroatoms. The van der Waals surface area contributed by atoms with Crippen molar-refractivity contribution in [2.24, 2.45) is 5.73 Å². The van der Waals surface area contributed by atoms with Crippen LogP contribution in [0.3, 0.4) is 0 Å². The first-order chi connectivity index (χ1) is 18.5. The van der Waals surface area contributed by atoms with Gasteiger partial charge < -0.3 is 60.2 Å². The molecule has 7 unspecified atom stereocenters. The molecule has 1 aromatic rings. The van der Waals surface area contributed by atoms with Crippen LogP contribution in [0.5, 0.6) is 0 Å². The zero-order chi connectivity index (χ0) is 30.2. The van der Waals surface area contributed by atoms with Crippen LogP contribution in [0.15, 0.2) is 34.5 Å². The average Bonchev–Trinajstić information content (AvgIpc) is 3.12. The smallest absolute Gasteiger partial charge is 0.394 e. The van der Waals surface area contributed by atoms with E-state index in [1.165, 1.54) is 0 Å². The number of nitrogens with two attached hydrogens (primary N) is 1. The van der Waals surface area contributed by atoms with E-state index < -0.39 is 99.8 Å². The lowest BCUT2D eigenvalue weighted by molar-refractivity contribution is -0.292. The average molecular weight is 637 g/mol. The molecular weight excluding hydrogens is 608 g/mol. The molecule has 40 heavy (non-hydrogen) atoms. The first-order valence-corrected chi connectivity index (χ1v) is 15.3. The molecule has 228 valence electrons. The van der Waals surface area contributed by atoms with E-state index in [1.54, 1.807) is 0 Å². The molecule has 3 rings (SSSR count). The summed E-state index contributed by atoms with van der Waals surface area (Å²) >= 11 is 4.69. The van der Waals surface area contributed by atoms with Crippen molar-refractivity contribution in [3.8, 4) is 0 Å². The van der Waals surface area contributed by atoms with Crippen molar-refractivity contribution in [1.29, 1.82) is 0 Å². The van der Waals surface area contributed by atoms with Crippen LogP contribution in [0.4, 0.5) is 0 Å². The second-order valence-corrected chi connectivity index (χ2v) is 13.2. The number of nitrogens with one attached hydrogen (secondary N) is 1. The summed E-state index contributed by atoms with van der Waals surface area (Å²) in [6.07, 6.45) is -14.4. The normalized spacial score (nSPS) is 38.3. The van der Waals surface area contributed by atoms with E-state index in [0.29, 0.717) is 0 Å². The van der Waals surface area contributed by atoms with Gasteiger partial charge in [-0.05, 0) is 11.8 Å². The number of aromatic amines is 1. The topological polar surface area (TPSA) is 306 Å². The van der Waals surface area contributed by atoms with Crippen molar-refractivity contribution in [1.82, 2.24) is 9.55 Å². The Kier molecular flexibility index (Phi) is 10.4. The van der Waals surface area contributed by atoms with Gasteiger partial charge in [-0.2, -0.15) is 0 Å². The van der Waals surface area contributed by atoms with Crippen LogP contribution < -0.4 is 17.0 Å². The van der Waals surface area contributed by atoms with E-state index in [1.807, 2.05) is 4.98 Å². The van der Waals surface area contributed by atoms with Gasteiger partial charge >= 0.3 is 20.2 Å². The molecule has 2 saturated heterocycles. The Morgan fingerprint density at radius 2 is 1.88 bits per heavy atom. The summed E-state index contributed by atoms with van der Waals surface area (Å²) in [6, 6.07) is 0.990. The molecule has 0 bridgehead atoms. The first kappa shape index (κ1) is 33.2. The highest BCUT2D eigenvalue weighted by atomic mass is 32.5. The fourth-order valence-corrected chi connectivity index (χ4v) is 7.05. The minimum atomic E-state index is -5.49. The van der Waals surface area contributed by atoms with Crippen LogP contribution in [0.2, 0.25) is 0 Å². The maximum absolute atomic E-state index is 12.5. The standard InChI is InChI=1S/C18H29N3O16P2S/c1-2-18(19)14(28)8(34-16(18)21-4-3-9(24)20-17(21)29)6-33-39(32,40)37-38(30,31)36-15-12(27)10(25)11(26)13(35-15)7(23)5-22/h2-4,7-8,10-16,22-23,25-28H,1,5-6,19H2,(H,30,31)(H,32,40)(H,20,24,29)/t7-,8+,10?,11?,12?,13?,14+,15?,16+,18+,39?/m0/s1. The predicted octanol–water partition coefficient (Wildman–Crippen LogP) is -4.79. The number of rotatable bonds is 11. The second kappa shape index (κ2) is 12.5. The number of aliphatic hydroxyl groups excluding tert-OH is 6. The Morgan fingerprint density at radius 1 is 1.23 bits per heavy atom. The number of aliphatic hydroxyl groups is 6. The highest BCUT2D eigenvalue weighted by molar-refractivity contribution is 8.08. The molecule has 2 aliphatic rings. The minimum Gasteiger partial charge on any atom is -0.394 e. The van der Waals surface area contributed by atoms with Crippen molar-refractivity contribution in [3.63, 3.8) is 0 Å². The zero-order valence-corrected chi connectivity index (χ0v) is 22.8. The van der Waals surface area contributed by atoms with Crippen molar-refractivity contribution < 1.29 is 67.8 Å². The van der Waals surface area contributed by atoms with Crippen molar-refractivity contribution in [3.05, 3.63) is 45.8 Å². The van der Waals surface area contributed by atoms with Crippen LogP contribution >= 0.6 is 14.5 Å². The van der Waals surface area contributed by atoms with E-state index in [2.05, 4.69) is 15.4 Å². The summed E-state index contributed by atoms with van der Waals surface area (Å²) in [5.41, 5.74) is 2.69. The van der Waals surface area contributed by atoms with E-state index >= 15 is 0 Å². The predicted molar refractivity (Wildman–Crippen MR) is 133 cm³/mol. The zero-order valence-electron chi connectivity index (χ0n) is 20.2. The molecule has 0 spiro atoms. The minimum absolute atomic E-state index is 0.716. The maximum Gasteiger partial charge on any atom is 0.481 e. The molecule has 19 nitrogen and oxygen atoms in total. The number of hydrogen-bond acceptors (Lipinski definition) is 16. The molecule has 2 fully saturated rings. The van der Waals surface area contributed by atoms with Gasteiger partial charge in [0.05, 0.1) is 13.2 Å². The van der Waals surface area contributed by atoms with Crippen LogP contribution in [0, 0.1) is 0 Å². The summed E-state index contributed by atoms with van der Waals surface area (Å²) in [5, 5.41) is 59.4. The number of ether oxygens (including phenoxy) is 2. The number of phosphoric acid groups is 1. The van der Waals surface area contributed by atoms with Gasteiger partial charge in [-0.1, -0.05) is 6.08 Å².